The molecule has 0 aliphatic heterocycles. The van der Waals surface area contributed by atoms with Crippen molar-refractivity contribution in [2.75, 3.05) is 6.61 Å². The van der Waals surface area contributed by atoms with E-state index in [0.717, 1.165) is 44.9 Å². The molecular weight excluding hydrogens is 589 g/mol. The molecule has 0 fully saturated rings. The van der Waals surface area contributed by atoms with E-state index < -0.39 is 7.25 Å². The van der Waals surface area contributed by atoms with Crippen LogP contribution < -0.4 is 4.57 Å². The highest BCUT2D eigenvalue weighted by Crippen LogP contribution is 2.30. The summed E-state index contributed by atoms with van der Waals surface area (Å²) in [7, 11) is -6.00. The monoisotopic (exact) mass is 619 g/mol. The quantitative estimate of drug-likeness (QED) is 0.0735. The predicted molar refractivity (Wildman–Crippen MR) is 175 cm³/mol. The molecule has 6 aromatic rings. The van der Waals surface area contributed by atoms with E-state index in [1.165, 1.54) is 0 Å². The van der Waals surface area contributed by atoms with E-state index in [0.29, 0.717) is 18.6 Å². The van der Waals surface area contributed by atoms with Gasteiger partial charge < -0.3 is 22.0 Å². The normalized spacial score (nSPS) is 10.9. The van der Waals surface area contributed by atoms with E-state index >= 15 is 0 Å². The Morgan fingerprint density at radius 1 is 0.543 bits per heavy atom. The first-order valence-corrected chi connectivity index (χ1v) is 14.7. The summed E-state index contributed by atoms with van der Waals surface area (Å²) in [5.74, 6) is -0.316. The van der Waals surface area contributed by atoms with Gasteiger partial charge in [-0.25, -0.2) is 4.79 Å². The van der Waals surface area contributed by atoms with Crippen LogP contribution in [0.3, 0.4) is 0 Å². The lowest BCUT2D eigenvalue weighted by Crippen LogP contribution is -2.36. The fourth-order valence-electron chi connectivity index (χ4n) is 5.05. The fourth-order valence-corrected chi connectivity index (χ4v) is 5.05. The Morgan fingerprint density at radius 2 is 0.957 bits per heavy atom. The van der Waals surface area contributed by atoms with E-state index in [4.69, 9.17) is 4.74 Å². The van der Waals surface area contributed by atoms with E-state index in [1.807, 2.05) is 72.8 Å². The van der Waals surface area contributed by atoms with Gasteiger partial charge in [-0.3, -0.25) is 0 Å². The molecule has 230 valence electrons. The summed E-state index contributed by atoms with van der Waals surface area (Å²) < 4.78 is 46.8. The maximum absolute atomic E-state index is 12.8. The summed E-state index contributed by atoms with van der Waals surface area (Å²) in [6, 6.07) is 53.5. The lowest BCUT2D eigenvalue weighted by atomic mass is 9.98. The number of pyridine rings is 1. The molecule has 0 radical (unpaired) electrons. The Balaban J connectivity index is 0.000000775. The van der Waals surface area contributed by atoms with Crippen molar-refractivity contribution in [3.05, 3.63) is 169 Å². The summed E-state index contributed by atoms with van der Waals surface area (Å²) in [5, 5.41) is 0. The number of hydrogen-bond donors (Lipinski definition) is 0. The SMILES string of the molecule is F[B-](F)(F)F.O=C(OCCc1ccccc1)c1ccc(-[n+]2c(-c3ccccc3)cc(-c3ccccc3)cc2-c2ccccc2)cc1. The number of aromatic nitrogens is 1. The second-order valence-electron chi connectivity index (χ2n) is 10.4. The smallest absolute Gasteiger partial charge is 0.462 e. The number of carbonyl (C=O) groups is 1. The molecule has 1 aromatic heterocycles. The Hall–Kier alpha value is -5.50. The minimum Gasteiger partial charge on any atom is -0.462 e. The number of benzene rings is 5. The van der Waals surface area contributed by atoms with E-state index in [2.05, 4.69) is 89.5 Å². The average molecular weight is 619 g/mol. The minimum atomic E-state index is -6.00. The molecule has 0 atom stereocenters. The average Bonchev–Trinajstić information content (AvgIpc) is 3.09. The van der Waals surface area contributed by atoms with Crippen molar-refractivity contribution < 1.29 is 31.4 Å². The van der Waals surface area contributed by atoms with Crippen molar-refractivity contribution in [2.45, 2.75) is 6.42 Å². The molecule has 0 unspecified atom stereocenters. The van der Waals surface area contributed by atoms with Gasteiger partial charge >= 0.3 is 13.2 Å². The van der Waals surface area contributed by atoms with Gasteiger partial charge in [0, 0.05) is 41.8 Å². The molecule has 0 amide bonds. The number of esters is 1. The van der Waals surface area contributed by atoms with Crippen LogP contribution in [-0.2, 0) is 11.2 Å². The highest BCUT2D eigenvalue weighted by Gasteiger charge is 2.25. The van der Waals surface area contributed by atoms with Gasteiger partial charge in [-0.05, 0) is 53.1 Å². The summed E-state index contributed by atoms with van der Waals surface area (Å²) in [6.45, 7) is 0.344. The summed E-state index contributed by atoms with van der Waals surface area (Å²) >= 11 is 0. The number of nitrogens with zero attached hydrogens (tertiary/aromatic N) is 1. The van der Waals surface area contributed by atoms with E-state index in [-0.39, 0.29) is 5.97 Å². The van der Waals surface area contributed by atoms with Crippen LogP contribution in [0.2, 0.25) is 0 Å². The third kappa shape index (κ3) is 8.79. The van der Waals surface area contributed by atoms with Crippen LogP contribution in [0.25, 0.3) is 39.3 Å². The molecule has 46 heavy (non-hydrogen) atoms. The first kappa shape index (κ1) is 31.9. The topological polar surface area (TPSA) is 30.2 Å². The van der Waals surface area contributed by atoms with Crippen LogP contribution in [-0.4, -0.2) is 19.8 Å². The van der Waals surface area contributed by atoms with Crippen LogP contribution >= 0.6 is 0 Å². The van der Waals surface area contributed by atoms with Crippen molar-refractivity contribution in [3.63, 3.8) is 0 Å². The highest BCUT2D eigenvalue weighted by molar-refractivity contribution is 6.50. The first-order valence-electron chi connectivity index (χ1n) is 14.7. The Bertz CT molecular complexity index is 1780. The Labute approximate surface area is 265 Å². The summed E-state index contributed by atoms with van der Waals surface area (Å²) in [4.78, 5) is 12.8. The number of halogens is 4. The zero-order valence-electron chi connectivity index (χ0n) is 24.8. The number of hydrogen-bond acceptors (Lipinski definition) is 2. The largest absolute Gasteiger partial charge is 0.673 e. The molecule has 0 aliphatic rings. The summed E-state index contributed by atoms with van der Waals surface area (Å²) in [5.41, 5.74) is 9.26. The number of ether oxygens (including phenoxy) is 1. The molecule has 0 N–H and O–H groups in total. The maximum atomic E-state index is 12.8. The van der Waals surface area contributed by atoms with Crippen LogP contribution in [0.5, 0.6) is 0 Å². The Morgan fingerprint density at radius 3 is 1.41 bits per heavy atom. The lowest BCUT2D eigenvalue weighted by molar-refractivity contribution is -0.572. The minimum absolute atomic E-state index is 0.316. The standard InChI is InChI=1S/C38H30NO2.BF4/c40-38(41-26-25-29-13-5-1-6-14-29)33-21-23-35(24-22-33)39-36(31-17-9-3-10-18-31)27-34(30-15-7-2-8-16-30)28-37(39)32-19-11-4-12-20-32;2-1(3,4)5/h1-24,27-28H,25-26H2;/q+1;-1. The van der Waals surface area contributed by atoms with Crippen LogP contribution in [0.4, 0.5) is 17.3 Å². The van der Waals surface area contributed by atoms with Gasteiger partial charge in [-0.15, -0.1) is 0 Å². The molecule has 8 heteroatoms. The molecule has 0 saturated heterocycles. The highest BCUT2D eigenvalue weighted by atomic mass is 19.5. The molecule has 5 aromatic carbocycles. The molecule has 0 spiro atoms. The molecular formula is C38H30BF4NO2. The van der Waals surface area contributed by atoms with Gasteiger partial charge in [0.15, 0.2) is 0 Å². The van der Waals surface area contributed by atoms with Crippen molar-refractivity contribution >= 4 is 13.2 Å². The van der Waals surface area contributed by atoms with Crippen molar-refractivity contribution in [2.24, 2.45) is 0 Å². The van der Waals surface area contributed by atoms with Gasteiger partial charge in [0.1, 0.15) is 0 Å². The van der Waals surface area contributed by atoms with Crippen molar-refractivity contribution in [1.29, 1.82) is 0 Å². The third-order valence-corrected chi connectivity index (χ3v) is 7.14. The molecule has 6 rings (SSSR count). The zero-order chi connectivity index (χ0) is 32.4. The van der Waals surface area contributed by atoms with Crippen LogP contribution in [0.1, 0.15) is 15.9 Å². The number of rotatable bonds is 8. The van der Waals surface area contributed by atoms with Gasteiger partial charge in [-0.2, -0.15) is 4.57 Å². The summed E-state index contributed by atoms with van der Waals surface area (Å²) in [6.07, 6.45) is 0.690. The van der Waals surface area contributed by atoms with E-state index in [1.54, 1.807) is 0 Å². The third-order valence-electron chi connectivity index (χ3n) is 7.14. The molecule has 0 aliphatic carbocycles. The number of carbonyl (C=O) groups excluding carboxylic acids is 1. The van der Waals surface area contributed by atoms with Gasteiger partial charge in [-0.1, -0.05) is 97.1 Å². The Kier molecular flexibility index (Phi) is 10.4. The van der Waals surface area contributed by atoms with Crippen LogP contribution in [0, 0.1) is 0 Å². The maximum Gasteiger partial charge on any atom is 0.673 e. The van der Waals surface area contributed by atoms with Crippen molar-refractivity contribution in [1.82, 2.24) is 0 Å². The molecule has 0 saturated carbocycles. The van der Waals surface area contributed by atoms with E-state index in [9.17, 15) is 22.1 Å². The van der Waals surface area contributed by atoms with Gasteiger partial charge in [0.05, 0.1) is 12.2 Å². The molecule has 0 bridgehead atoms. The lowest BCUT2D eigenvalue weighted by Gasteiger charge is -2.13. The second kappa shape index (κ2) is 15.0. The predicted octanol–water partition coefficient (Wildman–Crippen LogP) is 9.66. The van der Waals surface area contributed by atoms with Crippen LogP contribution in [0.15, 0.2) is 158 Å². The van der Waals surface area contributed by atoms with Crippen molar-refractivity contribution in [3.8, 4) is 39.3 Å². The van der Waals surface area contributed by atoms with Gasteiger partial charge in [0.25, 0.3) is 0 Å². The first-order chi connectivity index (χ1) is 22.3. The fraction of sp³-hybridized carbons (Fsp3) is 0.0526. The second-order valence-corrected chi connectivity index (χ2v) is 10.4. The molecule has 3 nitrogen and oxygen atoms in total. The zero-order valence-corrected chi connectivity index (χ0v) is 24.8. The molecule has 1 heterocycles. The van der Waals surface area contributed by atoms with Gasteiger partial charge in [0.2, 0.25) is 17.1 Å².